The van der Waals surface area contributed by atoms with E-state index in [9.17, 15) is 14.4 Å². The number of aromatic nitrogens is 2. The van der Waals surface area contributed by atoms with Gasteiger partial charge in [0.25, 0.3) is 10.9 Å². The van der Waals surface area contributed by atoms with E-state index in [-0.39, 0.29) is 23.5 Å². The fraction of sp³-hybridized carbons (Fsp3) is 0.500. The smallest absolute Gasteiger partial charge is 0.407 e. The predicted molar refractivity (Wildman–Crippen MR) is 166 cm³/mol. The van der Waals surface area contributed by atoms with E-state index in [0.29, 0.717) is 18.8 Å². The predicted octanol–water partition coefficient (Wildman–Crippen LogP) is 3.57. The number of rotatable bonds is 11. The second kappa shape index (κ2) is 12.7. The zero-order valence-electron chi connectivity index (χ0n) is 24.6. The van der Waals surface area contributed by atoms with Crippen LogP contribution in [0.15, 0.2) is 39.9 Å². The lowest BCUT2D eigenvalue weighted by Gasteiger charge is -2.22. The molecule has 2 aliphatic rings. The van der Waals surface area contributed by atoms with Crippen molar-refractivity contribution in [1.82, 2.24) is 15.3 Å². The third kappa shape index (κ3) is 7.29. The summed E-state index contributed by atoms with van der Waals surface area (Å²) in [5.41, 5.74) is 0.478. The Kier molecular flexibility index (Phi) is 8.79. The van der Waals surface area contributed by atoms with Gasteiger partial charge in [-0.15, -0.1) is 0 Å². The van der Waals surface area contributed by atoms with Gasteiger partial charge < -0.3 is 35.8 Å². The Morgan fingerprint density at radius 3 is 2.14 bits per heavy atom. The normalized spacial score (nSPS) is 15.2. The SMILES string of the molecule is CC(C)(C)NC(=O)OCc1ccc(Nc2c(NCCNc3cc(N4CCCC4)nc(N4CCCC4)n3)c(=O)c2=O)cc1. The molecule has 224 valence electrons. The molecular formula is C30H40N8O4. The minimum atomic E-state index is -0.557. The minimum absolute atomic E-state index is 0.119. The molecule has 3 heterocycles. The van der Waals surface area contributed by atoms with Crippen LogP contribution < -0.4 is 41.9 Å². The molecule has 5 rings (SSSR count). The lowest BCUT2D eigenvalue weighted by Crippen LogP contribution is -2.40. The van der Waals surface area contributed by atoms with Crippen LogP contribution in [0.5, 0.6) is 0 Å². The maximum atomic E-state index is 12.3. The molecule has 0 bridgehead atoms. The summed E-state index contributed by atoms with van der Waals surface area (Å²) in [6, 6.07) is 9.12. The van der Waals surface area contributed by atoms with Crippen LogP contribution in [0.1, 0.15) is 52.0 Å². The van der Waals surface area contributed by atoms with Crippen LogP contribution >= 0.6 is 0 Å². The van der Waals surface area contributed by atoms with Crippen molar-refractivity contribution in [3.8, 4) is 0 Å². The standard InChI is InChI=1S/C30H40N8O4/c1-30(2,3)36-29(41)42-19-20-8-10-21(11-9-20)33-25-24(26(39)27(25)40)32-13-12-31-22-18-23(37-14-4-5-15-37)35-28(34-22)38-16-6-7-17-38/h8-11,18,32-33H,4-7,12-17,19H2,1-3H3,(H,36,41)(H,31,34,35). The van der Waals surface area contributed by atoms with E-state index >= 15 is 0 Å². The van der Waals surface area contributed by atoms with Gasteiger partial charge in [0, 0.05) is 56.6 Å². The Bertz CT molecular complexity index is 1410. The van der Waals surface area contributed by atoms with Crippen molar-refractivity contribution in [1.29, 1.82) is 0 Å². The van der Waals surface area contributed by atoms with Gasteiger partial charge in [0.05, 0.1) is 0 Å². The van der Waals surface area contributed by atoms with Gasteiger partial charge in [0.2, 0.25) is 5.95 Å². The first-order chi connectivity index (χ1) is 20.2. The van der Waals surface area contributed by atoms with Crippen LogP contribution in [0.3, 0.4) is 0 Å². The molecule has 0 spiro atoms. The first-order valence-electron chi connectivity index (χ1n) is 14.7. The number of amides is 1. The van der Waals surface area contributed by atoms with Crippen LogP contribution in [0, 0.1) is 0 Å². The van der Waals surface area contributed by atoms with Gasteiger partial charge in [-0.1, -0.05) is 12.1 Å². The Labute approximate surface area is 245 Å². The zero-order chi connectivity index (χ0) is 29.7. The third-order valence-electron chi connectivity index (χ3n) is 7.23. The molecule has 1 amide bonds. The van der Waals surface area contributed by atoms with Gasteiger partial charge in [-0.25, -0.2) is 4.79 Å². The van der Waals surface area contributed by atoms with E-state index in [1.807, 2.05) is 26.8 Å². The molecule has 0 saturated carbocycles. The highest BCUT2D eigenvalue weighted by molar-refractivity contribution is 5.78. The van der Waals surface area contributed by atoms with Gasteiger partial charge in [0.1, 0.15) is 29.6 Å². The summed E-state index contributed by atoms with van der Waals surface area (Å²) in [5, 5.41) is 12.2. The van der Waals surface area contributed by atoms with Crippen molar-refractivity contribution in [3.63, 3.8) is 0 Å². The van der Waals surface area contributed by atoms with Crippen molar-refractivity contribution in [2.24, 2.45) is 0 Å². The molecule has 3 aromatic rings. The lowest BCUT2D eigenvalue weighted by molar-refractivity contribution is 0.131. The second-order valence-electron chi connectivity index (χ2n) is 11.8. The van der Waals surface area contributed by atoms with Crippen molar-refractivity contribution >= 4 is 40.7 Å². The van der Waals surface area contributed by atoms with Crippen LogP contribution in [0.2, 0.25) is 0 Å². The summed E-state index contributed by atoms with van der Waals surface area (Å²) < 4.78 is 5.25. The Morgan fingerprint density at radius 2 is 1.48 bits per heavy atom. The molecule has 2 fully saturated rings. The molecule has 0 aliphatic carbocycles. The average molecular weight is 577 g/mol. The maximum Gasteiger partial charge on any atom is 0.407 e. The molecule has 0 unspecified atom stereocenters. The number of benzene rings is 1. The topological polar surface area (TPSA) is 141 Å². The first kappa shape index (κ1) is 29.2. The largest absolute Gasteiger partial charge is 0.445 e. The number of alkyl carbamates (subject to hydrolysis) is 1. The van der Waals surface area contributed by atoms with E-state index in [1.165, 1.54) is 12.8 Å². The number of anilines is 6. The van der Waals surface area contributed by atoms with Crippen LogP contribution in [0.4, 0.5) is 39.4 Å². The fourth-order valence-electron chi connectivity index (χ4n) is 5.06. The van der Waals surface area contributed by atoms with Gasteiger partial charge in [-0.05, 0) is 64.2 Å². The summed E-state index contributed by atoms with van der Waals surface area (Å²) in [5.74, 6) is 2.45. The molecule has 4 N–H and O–H groups in total. The number of nitrogens with one attached hydrogen (secondary N) is 4. The van der Waals surface area contributed by atoms with E-state index in [2.05, 4.69) is 31.1 Å². The first-order valence-corrected chi connectivity index (χ1v) is 14.7. The number of hydrogen-bond acceptors (Lipinski definition) is 11. The summed E-state index contributed by atoms with van der Waals surface area (Å²) in [7, 11) is 0. The highest BCUT2D eigenvalue weighted by Gasteiger charge is 2.22. The van der Waals surface area contributed by atoms with Crippen LogP contribution in [-0.4, -0.2) is 60.9 Å². The van der Waals surface area contributed by atoms with E-state index < -0.39 is 17.0 Å². The number of nitrogens with zero attached hydrogens (tertiary/aromatic N) is 4. The Morgan fingerprint density at radius 1 is 0.857 bits per heavy atom. The minimum Gasteiger partial charge on any atom is -0.445 e. The van der Waals surface area contributed by atoms with Gasteiger partial charge >= 0.3 is 6.09 Å². The molecule has 0 radical (unpaired) electrons. The van der Waals surface area contributed by atoms with Crippen molar-refractivity contribution in [2.45, 2.75) is 58.6 Å². The molecule has 0 atom stereocenters. The van der Waals surface area contributed by atoms with E-state index in [0.717, 1.165) is 62.2 Å². The zero-order valence-corrected chi connectivity index (χ0v) is 24.6. The van der Waals surface area contributed by atoms with Gasteiger partial charge in [0.15, 0.2) is 0 Å². The Hall–Kier alpha value is -4.35. The molecule has 1 aromatic heterocycles. The number of carbonyl (C=O) groups is 1. The van der Waals surface area contributed by atoms with Crippen molar-refractivity contribution in [3.05, 3.63) is 56.3 Å². The van der Waals surface area contributed by atoms with Crippen molar-refractivity contribution in [2.75, 3.05) is 65.0 Å². The van der Waals surface area contributed by atoms with E-state index in [1.54, 1.807) is 24.3 Å². The van der Waals surface area contributed by atoms with E-state index in [4.69, 9.17) is 14.7 Å². The van der Waals surface area contributed by atoms with Gasteiger partial charge in [-0.3, -0.25) is 9.59 Å². The van der Waals surface area contributed by atoms with Crippen LogP contribution in [0.25, 0.3) is 0 Å². The summed E-state index contributed by atoms with van der Waals surface area (Å²) in [6.45, 7) is 10.6. The molecule has 2 saturated heterocycles. The third-order valence-corrected chi connectivity index (χ3v) is 7.23. The van der Waals surface area contributed by atoms with Gasteiger partial charge in [-0.2, -0.15) is 9.97 Å². The monoisotopic (exact) mass is 576 g/mol. The highest BCUT2D eigenvalue weighted by atomic mass is 16.5. The molecular weight excluding hydrogens is 536 g/mol. The quantitative estimate of drug-likeness (QED) is 0.197. The second-order valence-corrected chi connectivity index (χ2v) is 11.8. The van der Waals surface area contributed by atoms with Crippen LogP contribution in [-0.2, 0) is 11.3 Å². The molecule has 2 aromatic carbocycles. The molecule has 42 heavy (non-hydrogen) atoms. The molecule has 12 nitrogen and oxygen atoms in total. The Balaban J connectivity index is 1.14. The summed E-state index contributed by atoms with van der Waals surface area (Å²) >= 11 is 0. The molecule has 12 heteroatoms. The summed E-state index contributed by atoms with van der Waals surface area (Å²) in [4.78, 5) is 50.6. The summed E-state index contributed by atoms with van der Waals surface area (Å²) in [6.07, 6.45) is 4.15. The molecule has 2 aliphatic heterocycles. The van der Waals surface area contributed by atoms with Crippen molar-refractivity contribution < 1.29 is 9.53 Å². The maximum absolute atomic E-state index is 12.3. The number of carbonyl (C=O) groups excluding carboxylic acids is 1. The highest BCUT2D eigenvalue weighted by Crippen LogP contribution is 2.26. The lowest BCUT2D eigenvalue weighted by atomic mass is 10.1. The average Bonchev–Trinajstić information content (AvgIpc) is 3.70. The number of ether oxygens (including phenoxy) is 1. The number of hydrogen-bond donors (Lipinski definition) is 4. The fourth-order valence-corrected chi connectivity index (χ4v) is 5.06.